The standard InChI is InChI=1S/C50H35N3S2/c1-3-17-39(18-4-1)55(40-19-5-2-6-20-40,42-22-14-16-38(33-42)52-46-26-10-7-23-43(46)44-24-8-11-27-47(44)52)41-21-13-15-35(31-41)36-29-30-37-34-54-50-51-45-25-9-12-28-48(45)53(50)49(37)32-36/h1-33H,34H2. The second kappa shape index (κ2) is 12.9. The third kappa shape index (κ3) is 5.04. The molecule has 3 heterocycles. The van der Waals surface area contributed by atoms with Gasteiger partial charge in [0.15, 0.2) is 5.16 Å². The van der Waals surface area contributed by atoms with Gasteiger partial charge in [-0.05, 0) is 102 Å². The molecule has 0 atom stereocenters. The largest absolute Gasteiger partial charge is 0.309 e. The molecule has 5 heteroatoms. The molecule has 0 saturated carbocycles. The summed E-state index contributed by atoms with van der Waals surface area (Å²) in [6, 6.07) is 73.9. The molecule has 10 aromatic rings. The SMILES string of the molecule is c1ccc(S(c2ccccc2)(c2cccc(-c3ccc4c(c3)-n3c(nc5ccccc53)SC4)c2)c2cccc(-n3c4ccccc4c4ccccc43)c2)cc1. The van der Waals surface area contributed by atoms with Crippen molar-refractivity contribution >= 4 is 54.6 Å². The molecule has 55 heavy (non-hydrogen) atoms. The van der Waals surface area contributed by atoms with E-state index in [9.17, 15) is 0 Å². The fourth-order valence-electron chi connectivity index (χ4n) is 8.50. The van der Waals surface area contributed by atoms with Crippen molar-refractivity contribution in [2.75, 3.05) is 0 Å². The van der Waals surface area contributed by atoms with E-state index < -0.39 is 10.0 Å². The van der Waals surface area contributed by atoms with Crippen molar-refractivity contribution in [3.8, 4) is 22.5 Å². The number of aromatic nitrogens is 3. The maximum atomic E-state index is 4.99. The molecule has 0 saturated heterocycles. The normalized spacial score (nSPS) is 12.9. The van der Waals surface area contributed by atoms with Gasteiger partial charge >= 0.3 is 0 Å². The van der Waals surface area contributed by atoms with Crippen LogP contribution in [0.15, 0.2) is 225 Å². The van der Waals surface area contributed by atoms with Crippen LogP contribution < -0.4 is 0 Å². The Balaban J connectivity index is 1.15. The predicted molar refractivity (Wildman–Crippen MR) is 230 cm³/mol. The zero-order valence-corrected chi connectivity index (χ0v) is 31.6. The van der Waals surface area contributed by atoms with Crippen molar-refractivity contribution in [1.29, 1.82) is 0 Å². The van der Waals surface area contributed by atoms with E-state index in [4.69, 9.17) is 4.98 Å². The first-order valence-electron chi connectivity index (χ1n) is 18.6. The van der Waals surface area contributed by atoms with Crippen LogP contribution in [0.2, 0.25) is 0 Å². The summed E-state index contributed by atoms with van der Waals surface area (Å²) >= 11 is 1.81. The molecule has 0 radical (unpaired) electrons. The topological polar surface area (TPSA) is 22.8 Å². The second-order valence-electron chi connectivity index (χ2n) is 14.0. The molecule has 0 bridgehead atoms. The molecule has 1 aliphatic rings. The Kier molecular flexibility index (Phi) is 7.58. The van der Waals surface area contributed by atoms with Gasteiger partial charge in [-0.25, -0.2) is 4.98 Å². The summed E-state index contributed by atoms with van der Waals surface area (Å²) < 4.78 is 4.78. The van der Waals surface area contributed by atoms with Crippen molar-refractivity contribution in [1.82, 2.24) is 14.1 Å². The van der Waals surface area contributed by atoms with E-state index in [-0.39, 0.29) is 0 Å². The third-order valence-corrected chi connectivity index (χ3v) is 15.8. The molecule has 0 aliphatic carbocycles. The minimum absolute atomic E-state index is 0.913. The smallest absolute Gasteiger partial charge is 0.174 e. The van der Waals surface area contributed by atoms with Gasteiger partial charge in [0.1, 0.15) is 0 Å². The average molecular weight is 742 g/mol. The van der Waals surface area contributed by atoms with Crippen molar-refractivity contribution < 1.29 is 0 Å². The first-order valence-corrected chi connectivity index (χ1v) is 21.3. The van der Waals surface area contributed by atoms with Gasteiger partial charge in [-0.3, -0.25) is 4.57 Å². The Morgan fingerprint density at radius 1 is 0.436 bits per heavy atom. The summed E-state index contributed by atoms with van der Waals surface area (Å²) in [4.78, 5) is 10.2. The highest BCUT2D eigenvalue weighted by Crippen LogP contribution is 2.73. The highest BCUT2D eigenvalue weighted by Gasteiger charge is 2.34. The number of nitrogens with zero attached hydrogens (tertiary/aromatic N) is 3. The van der Waals surface area contributed by atoms with Crippen LogP contribution in [-0.2, 0) is 5.75 Å². The number of thioether (sulfide) groups is 1. The van der Waals surface area contributed by atoms with Crippen LogP contribution in [0.3, 0.4) is 0 Å². The van der Waals surface area contributed by atoms with Crippen molar-refractivity contribution in [2.45, 2.75) is 30.5 Å². The van der Waals surface area contributed by atoms with Crippen LogP contribution in [0.4, 0.5) is 0 Å². The molecular weight excluding hydrogens is 707 g/mol. The Morgan fingerprint density at radius 2 is 1.00 bits per heavy atom. The molecule has 8 aromatic carbocycles. The highest BCUT2D eigenvalue weighted by molar-refractivity contribution is 8.34. The quantitative estimate of drug-likeness (QED) is 0.169. The zero-order valence-electron chi connectivity index (χ0n) is 29.9. The van der Waals surface area contributed by atoms with E-state index in [0.717, 1.165) is 27.6 Å². The van der Waals surface area contributed by atoms with E-state index in [1.807, 2.05) is 11.8 Å². The zero-order chi connectivity index (χ0) is 36.3. The van der Waals surface area contributed by atoms with Gasteiger partial charge < -0.3 is 4.57 Å². The molecule has 0 N–H and O–H groups in total. The van der Waals surface area contributed by atoms with Gasteiger partial charge in [-0.2, -0.15) is 0 Å². The van der Waals surface area contributed by atoms with Crippen LogP contribution in [-0.4, -0.2) is 14.1 Å². The number of benzene rings is 8. The summed E-state index contributed by atoms with van der Waals surface area (Å²) in [6.07, 6.45) is 0. The number of hydrogen-bond acceptors (Lipinski definition) is 2. The fraction of sp³-hybridized carbons (Fsp3) is 0.0200. The Bertz CT molecular complexity index is 2960. The lowest BCUT2D eigenvalue weighted by Crippen LogP contribution is -2.07. The van der Waals surface area contributed by atoms with Gasteiger partial charge in [0, 0.05) is 41.8 Å². The number of rotatable bonds is 6. The molecule has 0 unspecified atom stereocenters. The Morgan fingerprint density at radius 3 is 1.71 bits per heavy atom. The average Bonchev–Trinajstić information content (AvgIpc) is 3.81. The molecule has 2 aromatic heterocycles. The first-order chi connectivity index (χ1) is 27.3. The molecule has 11 rings (SSSR count). The van der Waals surface area contributed by atoms with Gasteiger partial charge in [0.25, 0.3) is 0 Å². The van der Waals surface area contributed by atoms with Crippen LogP contribution in [0.1, 0.15) is 5.56 Å². The minimum Gasteiger partial charge on any atom is -0.309 e. The van der Waals surface area contributed by atoms with Crippen molar-refractivity contribution in [3.05, 3.63) is 206 Å². The number of hydrogen-bond donors (Lipinski definition) is 0. The predicted octanol–water partition coefficient (Wildman–Crippen LogP) is 13.7. The maximum absolute atomic E-state index is 4.99. The maximum Gasteiger partial charge on any atom is 0.174 e. The monoisotopic (exact) mass is 741 g/mol. The second-order valence-corrected chi connectivity index (χ2v) is 18.0. The van der Waals surface area contributed by atoms with Crippen LogP contribution in [0.25, 0.3) is 55.3 Å². The number of para-hydroxylation sites is 4. The highest BCUT2D eigenvalue weighted by atomic mass is 32.3. The molecule has 262 valence electrons. The summed E-state index contributed by atoms with van der Waals surface area (Å²) in [6.45, 7) is 0. The van der Waals surface area contributed by atoms with E-state index in [0.29, 0.717) is 0 Å². The van der Waals surface area contributed by atoms with E-state index >= 15 is 0 Å². The molecular formula is C50H35N3S2. The molecule has 1 aliphatic heterocycles. The van der Waals surface area contributed by atoms with Crippen LogP contribution >= 0.6 is 21.8 Å². The molecule has 0 amide bonds. The van der Waals surface area contributed by atoms with Gasteiger partial charge in [0.05, 0.1) is 27.8 Å². The molecule has 0 fully saturated rings. The molecule has 3 nitrogen and oxygen atoms in total. The van der Waals surface area contributed by atoms with Crippen LogP contribution in [0.5, 0.6) is 0 Å². The summed E-state index contributed by atoms with van der Waals surface area (Å²) in [5.74, 6) is 0.913. The van der Waals surface area contributed by atoms with E-state index in [1.165, 1.54) is 63.8 Å². The van der Waals surface area contributed by atoms with Gasteiger partial charge in [0.2, 0.25) is 0 Å². The fourth-order valence-corrected chi connectivity index (χ4v) is 13.4. The minimum atomic E-state index is -1.98. The lowest BCUT2D eigenvalue weighted by atomic mass is 10.0. The lowest BCUT2D eigenvalue weighted by Gasteiger charge is -2.42. The number of imidazole rings is 1. The van der Waals surface area contributed by atoms with Crippen molar-refractivity contribution in [2.24, 2.45) is 0 Å². The Labute approximate surface area is 325 Å². The van der Waals surface area contributed by atoms with E-state index in [2.05, 4.69) is 209 Å². The van der Waals surface area contributed by atoms with Gasteiger partial charge in [-0.1, -0.05) is 127 Å². The third-order valence-electron chi connectivity index (χ3n) is 10.9. The molecule has 0 spiro atoms. The van der Waals surface area contributed by atoms with Gasteiger partial charge in [-0.15, -0.1) is 10.0 Å². The van der Waals surface area contributed by atoms with Crippen LogP contribution in [0, 0.1) is 0 Å². The summed E-state index contributed by atoms with van der Waals surface area (Å²) in [5, 5.41) is 3.58. The lowest BCUT2D eigenvalue weighted by molar-refractivity contribution is 0.895. The Hall–Kier alpha value is -6.27. The first kappa shape index (κ1) is 32.2. The number of fused-ring (bicyclic) bond motifs is 8. The summed E-state index contributed by atoms with van der Waals surface area (Å²) in [5.41, 5.74) is 10.7. The van der Waals surface area contributed by atoms with E-state index in [1.54, 1.807) is 0 Å². The van der Waals surface area contributed by atoms with Crippen molar-refractivity contribution in [3.63, 3.8) is 0 Å². The summed E-state index contributed by atoms with van der Waals surface area (Å²) in [7, 11) is -1.98.